The first kappa shape index (κ1) is 19.3. The van der Waals surface area contributed by atoms with Gasteiger partial charge in [-0.1, -0.05) is 71.3 Å². The molecule has 0 bridgehead atoms. The molecule has 0 amide bonds. The lowest BCUT2D eigenvalue weighted by Gasteiger charge is -2.46. The summed E-state index contributed by atoms with van der Waals surface area (Å²) in [7, 11) is -0.948. The van der Waals surface area contributed by atoms with Crippen molar-refractivity contribution in [2.24, 2.45) is 0 Å². The molecule has 1 atom stereocenters. The molecule has 0 fully saturated rings. The number of hydrogen-bond acceptors (Lipinski definition) is 0. The van der Waals surface area contributed by atoms with E-state index in [0.717, 1.165) is 0 Å². The molecule has 0 radical (unpaired) electrons. The molecular weight excluding hydrogens is 356 g/mol. The van der Waals surface area contributed by atoms with Gasteiger partial charge in [0.25, 0.3) is 0 Å². The van der Waals surface area contributed by atoms with Crippen molar-refractivity contribution in [3.05, 3.63) is 87.5 Å². The number of benzene rings is 2. The highest BCUT2D eigenvalue weighted by Gasteiger charge is 2.42. The Balaban J connectivity index is 1.84. The van der Waals surface area contributed by atoms with E-state index < -0.39 is 10.0 Å². The van der Waals surface area contributed by atoms with E-state index in [9.17, 15) is 0 Å². The molecule has 0 N–H and O–H groups in total. The largest absolute Gasteiger partial charge is 0.226 e. The van der Waals surface area contributed by atoms with Gasteiger partial charge in [0.05, 0.1) is 0 Å². The van der Waals surface area contributed by atoms with Crippen molar-refractivity contribution >= 4 is 16.1 Å². The summed E-state index contributed by atoms with van der Waals surface area (Å²) >= 11 is 0. The van der Waals surface area contributed by atoms with Crippen molar-refractivity contribution in [1.82, 2.24) is 0 Å². The molecule has 28 heavy (non-hydrogen) atoms. The minimum Gasteiger partial charge on any atom is -0.226 e. The van der Waals surface area contributed by atoms with Crippen molar-refractivity contribution in [3.8, 4) is 11.1 Å². The Hall–Kier alpha value is -1.99. The average molecular weight is 389 g/mol. The third-order valence-electron chi connectivity index (χ3n) is 7.04. The fourth-order valence-corrected chi connectivity index (χ4v) is 9.89. The minimum atomic E-state index is -0.948. The Kier molecular flexibility index (Phi) is 4.70. The maximum absolute atomic E-state index is 2.56. The van der Waals surface area contributed by atoms with E-state index in [1.54, 1.807) is 11.1 Å². The Morgan fingerprint density at radius 3 is 1.89 bits per heavy atom. The minimum absolute atomic E-state index is 0.528. The Bertz CT molecular complexity index is 1010. The standard InChI is InChI=1S/C27H32S/c1-17-16-25-23(22-12-9-8-10-13-22)14-11-15-24(25)26(17)28(6,7)27-20(4)18(2)19(3)21(27)5/h8-16,26-27H,1-7H3. The maximum atomic E-state index is 2.56. The van der Waals surface area contributed by atoms with E-state index in [0.29, 0.717) is 10.5 Å². The smallest absolute Gasteiger partial charge is 0.0361 e. The van der Waals surface area contributed by atoms with Crippen LogP contribution >= 0.6 is 10.0 Å². The molecule has 0 nitrogen and oxygen atoms in total. The predicted octanol–water partition coefficient (Wildman–Crippen LogP) is 7.93. The summed E-state index contributed by atoms with van der Waals surface area (Å²) < 4.78 is 0. The normalized spacial score (nSPS) is 20.7. The molecule has 0 aliphatic heterocycles. The zero-order valence-corrected chi connectivity index (χ0v) is 19.1. The van der Waals surface area contributed by atoms with Crippen LogP contribution in [0.15, 0.2) is 76.4 Å². The van der Waals surface area contributed by atoms with Crippen molar-refractivity contribution in [2.75, 3.05) is 12.5 Å². The Labute approximate surface area is 172 Å². The van der Waals surface area contributed by atoms with E-state index >= 15 is 0 Å². The zero-order valence-electron chi connectivity index (χ0n) is 18.3. The quantitative estimate of drug-likeness (QED) is 0.501. The summed E-state index contributed by atoms with van der Waals surface area (Å²) in [6.45, 7) is 11.7. The topological polar surface area (TPSA) is 0 Å². The van der Waals surface area contributed by atoms with Crippen LogP contribution in [0, 0.1) is 0 Å². The molecule has 0 aromatic heterocycles. The van der Waals surface area contributed by atoms with Gasteiger partial charge in [-0.15, -0.1) is 0 Å². The first-order chi connectivity index (χ1) is 13.2. The number of allylic oxidation sites excluding steroid dienone is 2. The third-order valence-corrected chi connectivity index (χ3v) is 10.8. The highest BCUT2D eigenvalue weighted by molar-refractivity contribution is 8.33. The molecule has 2 aromatic carbocycles. The van der Waals surface area contributed by atoms with Gasteiger partial charge < -0.3 is 0 Å². The third kappa shape index (κ3) is 2.75. The molecule has 2 aromatic rings. The van der Waals surface area contributed by atoms with E-state index in [-0.39, 0.29) is 0 Å². The summed E-state index contributed by atoms with van der Waals surface area (Å²) in [5.41, 5.74) is 13.4. The zero-order chi connectivity index (χ0) is 20.2. The van der Waals surface area contributed by atoms with Gasteiger partial charge >= 0.3 is 0 Å². The second kappa shape index (κ2) is 6.81. The van der Waals surface area contributed by atoms with E-state index in [1.165, 1.54) is 39.0 Å². The van der Waals surface area contributed by atoms with Crippen LogP contribution < -0.4 is 0 Å². The van der Waals surface area contributed by atoms with Crippen molar-refractivity contribution in [3.63, 3.8) is 0 Å². The summed E-state index contributed by atoms with van der Waals surface area (Å²) in [6, 6.07) is 17.7. The molecule has 2 aliphatic carbocycles. The molecule has 1 unspecified atom stereocenters. The first-order valence-electron chi connectivity index (χ1n) is 10.2. The van der Waals surface area contributed by atoms with Crippen molar-refractivity contribution < 1.29 is 0 Å². The maximum Gasteiger partial charge on any atom is 0.0361 e. The van der Waals surface area contributed by atoms with Gasteiger partial charge in [-0.3, -0.25) is 0 Å². The van der Waals surface area contributed by atoms with Gasteiger partial charge in [0, 0.05) is 10.5 Å². The Morgan fingerprint density at radius 2 is 1.29 bits per heavy atom. The van der Waals surface area contributed by atoms with Gasteiger partial charge in [-0.2, -0.15) is 0 Å². The van der Waals surface area contributed by atoms with Gasteiger partial charge in [-0.25, -0.2) is 10.0 Å². The van der Waals surface area contributed by atoms with Crippen LogP contribution in [0.2, 0.25) is 0 Å². The summed E-state index contributed by atoms with van der Waals surface area (Å²) in [6.07, 6.45) is 7.58. The molecule has 4 rings (SSSR count). The number of fused-ring (bicyclic) bond motifs is 1. The second-order valence-corrected chi connectivity index (χ2v) is 12.8. The van der Waals surface area contributed by atoms with Gasteiger partial charge in [0.2, 0.25) is 0 Å². The lowest BCUT2D eigenvalue weighted by molar-refractivity contribution is 1.07. The van der Waals surface area contributed by atoms with Crippen LogP contribution in [-0.4, -0.2) is 17.8 Å². The van der Waals surface area contributed by atoms with Crippen molar-refractivity contribution in [2.45, 2.75) is 45.1 Å². The van der Waals surface area contributed by atoms with E-state index in [2.05, 4.69) is 102 Å². The predicted molar refractivity (Wildman–Crippen MR) is 128 cm³/mol. The number of rotatable bonds is 3. The molecule has 0 heterocycles. The lowest BCUT2D eigenvalue weighted by Crippen LogP contribution is -2.23. The fraction of sp³-hybridized carbons (Fsp3) is 0.333. The number of hydrogen-bond donors (Lipinski definition) is 0. The van der Waals surface area contributed by atoms with Crippen LogP contribution in [0.1, 0.15) is 51.0 Å². The second-order valence-electron chi connectivity index (χ2n) is 8.93. The molecular formula is C27H32S. The van der Waals surface area contributed by atoms with Gasteiger partial charge in [0.1, 0.15) is 0 Å². The molecule has 0 saturated carbocycles. The van der Waals surface area contributed by atoms with E-state index in [1.807, 2.05) is 0 Å². The lowest BCUT2D eigenvalue weighted by atomic mass is 9.97. The summed E-state index contributed by atoms with van der Waals surface area (Å²) in [5, 5.41) is 1.12. The summed E-state index contributed by atoms with van der Waals surface area (Å²) in [5.74, 6) is 0. The van der Waals surface area contributed by atoms with Gasteiger partial charge in [-0.05, 0) is 80.5 Å². The van der Waals surface area contributed by atoms with Crippen LogP contribution in [0.3, 0.4) is 0 Å². The highest BCUT2D eigenvalue weighted by Crippen LogP contribution is 2.68. The fourth-order valence-electron chi connectivity index (χ4n) is 5.55. The molecule has 0 spiro atoms. The van der Waals surface area contributed by atoms with Crippen LogP contribution in [0.4, 0.5) is 0 Å². The molecule has 146 valence electrons. The van der Waals surface area contributed by atoms with Crippen LogP contribution in [-0.2, 0) is 0 Å². The first-order valence-corrected chi connectivity index (χ1v) is 12.8. The average Bonchev–Trinajstić information content (AvgIpc) is 3.12. The molecule has 1 heteroatoms. The van der Waals surface area contributed by atoms with Crippen LogP contribution in [0.5, 0.6) is 0 Å². The summed E-state index contributed by atoms with van der Waals surface area (Å²) in [4.78, 5) is 0. The Morgan fingerprint density at radius 1 is 0.679 bits per heavy atom. The molecule has 2 aliphatic rings. The van der Waals surface area contributed by atoms with Crippen molar-refractivity contribution in [1.29, 1.82) is 0 Å². The highest BCUT2D eigenvalue weighted by atomic mass is 32.3. The SMILES string of the molecule is CC1=Cc2c(-c3ccccc3)cccc2C1S(C)(C)C1C(C)=C(C)C(C)=C1C. The molecule has 0 saturated heterocycles. The monoisotopic (exact) mass is 388 g/mol. The van der Waals surface area contributed by atoms with Gasteiger partial charge in [0.15, 0.2) is 0 Å². The van der Waals surface area contributed by atoms with Crippen LogP contribution in [0.25, 0.3) is 17.2 Å². The van der Waals surface area contributed by atoms with E-state index in [4.69, 9.17) is 0 Å².